The molecule has 0 saturated heterocycles. The van der Waals surface area contributed by atoms with E-state index in [9.17, 15) is 4.79 Å². The Morgan fingerprint density at radius 3 is 2.69 bits per heavy atom. The van der Waals surface area contributed by atoms with Crippen LogP contribution >= 0.6 is 11.6 Å². The maximum absolute atomic E-state index is 11.2. The highest BCUT2D eigenvalue weighted by Crippen LogP contribution is 2.22. The number of aryl methyl sites for hydroxylation is 1. The van der Waals surface area contributed by atoms with E-state index in [0.29, 0.717) is 10.6 Å². The Kier molecular flexibility index (Phi) is 4.33. The van der Waals surface area contributed by atoms with Gasteiger partial charge in [-0.1, -0.05) is 18.5 Å². The van der Waals surface area contributed by atoms with E-state index >= 15 is 0 Å². The number of esters is 1. The number of hydrogen-bond acceptors (Lipinski definition) is 3. The van der Waals surface area contributed by atoms with Crippen LogP contribution < -0.4 is 0 Å². The van der Waals surface area contributed by atoms with Crippen LogP contribution in [0.4, 0.5) is 0 Å². The Morgan fingerprint density at radius 1 is 1.50 bits per heavy atom. The fraction of sp³-hybridized carbons (Fsp3) is 0.333. The first-order valence-corrected chi connectivity index (χ1v) is 5.28. The second-order valence-electron chi connectivity index (χ2n) is 3.32. The first-order valence-electron chi connectivity index (χ1n) is 4.90. The lowest BCUT2D eigenvalue weighted by molar-refractivity contribution is -0.139. The van der Waals surface area contributed by atoms with Gasteiger partial charge in [-0.3, -0.25) is 4.79 Å². The normalized spacial score (nSPS) is 9.62. The van der Waals surface area contributed by atoms with Gasteiger partial charge in [-0.15, -0.1) is 0 Å². The average Bonchev–Trinajstić information content (AvgIpc) is 2.29. The van der Waals surface area contributed by atoms with Gasteiger partial charge in [0.2, 0.25) is 0 Å². The zero-order valence-electron chi connectivity index (χ0n) is 9.21. The molecule has 0 heterocycles. The van der Waals surface area contributed by atoms with Crippen LogP contribution in [-0.4, -0.2) is 13.1 Å². The van der Waals surface area contributed by atoms with Gasteiger partial charge in [-0.2, -0.15) is 5.26 Å². The molecule has 1 aromatic carbocycles. The molecule has 0 spiro atoms. The Hall–Kier alpha value is -1.53. The molecule has 0 radical (unpaired) electrons. The van der Waals surface area contributed by atoms with E-state index in [-0.39, 0.29) is 12.4 Å². The zero-order chi connectivity index (χ0) is 12.1. The van der Waals surface area contributed by atoms with Crippen molar-refractivity contribution in [2.45, 2.75) is 19.8 Å². The van der Waals surface area contributed by atoms with Gasteiger partial charge in [0.05, 0.1) is 24.1 Å². The van der Waals surface area contributed by atoms with E-state index < -0.39 is 0 Å². The van der Waals surface area contributed by atoms with Crippen molar-refractivity contribution in [2.24, 2.45) is 0 Å². The average molecular weight is 238 g/mol. The minimum atomic E-state index is -0.310. The summed E-state index contributed by atoms with van der Waals surface area (Å²) in [7, 11) is 1.35. The van der Waals surface area contributed by atoms with Crippen molar-refractivity contribution in [2.75, 3.05) is 7.11 Å². The van der Waals surface area contributed by atoms with Gasteiger partial charge in [0.15, 0.2) is 0 Å². The lowest BCUT2D eigenvalue weighted by Crippen LogP contribution is -2.07. The van der Waals surface area contributed by atoms with Gasteiger partial charge in [-0.05, 0) is 29.7 Å². The van der Waals surface area contributed by atoms with Crippen LogP contribution in [0.2, 0.25) is 5.02 Å². The monoisotopic (exact) mass is 237 g/mol. The Bertz CT molecular complexity index is 449. The fourth-order valence-electron chi connectivity index (χ4n) is 1.47. The zero-order valence-corrected chi connectivity index (χ0v) is 9.97. The highest BCUT2D eigenvalue weighted by molar-refractivity contribution is 6.31. The van der Waals surface area contributed by atoms with Crippen molar-refractivity contribution in [3.05, 3.63) is 33.8 Å². The predicted molar refractivity (Wildman–Crippen MR) is 61.3 cm³/mol. The molecule has 0 aliphatic rings. The topological polar surface area (TPSA) is 50.1 Å². The molecule has 0 unspecified atom stereocenters. The molecule has 0 N–H and O–H groups in total. The second-order valence-corrected chi connectivity index (χ2v) is 3.73. The number of benzene rings is 1. The lowest BCUT2D eigenvalue weighted by atomic mass is 10.00. The van der Waals surface area contributed by atoms with Gasteiger partial charge in [-0.25, -0.2) is 0 Å². The summed E-state index contributed by atoms with van der Waals surface area (Å²) in [4.78, 5) is 11.2. The number of hydrogen-bond donors (Lipinski definition) is 0. The molecule has 4 heteroatoms. The molecule has 16 heavy (non-hydrogen) atoms. The molecule has 0 atom stereocenters. The summed E-state index contributed by atoms with van der Waals surface area (Å²) in [5.74, 6) is -0.310. The summed E-state index contributed by atoms with van der Waals surface area (Å²) < 4.78 is 4.60. The van der Waals surface area contributed by atoms with Crippen LogP contribution in [-0.2, 0) is 22.4 Å². The highest BCUT2D eigenvalue weighted by atomic mass is 35.5. The van der Waals surface area contributed by atoms with Crippen molar-refractivity contribution >= 4 is 17.6 Å². The summed E-state index contributed by atoms with van der Waals surface area (Å²) >= 11 is 5.91. The molecule has 1 aromatic rings. The number of methoxy groups -OCH3 is 1. The molecule has 0 aliphatic heterocycles. The van der Waals surface area contributed by atoms with Crippen LogP contribution in [0.1, 0.15) is 23.6 Å². The van der Waals surface area contributed by atoms with Gasteiger partial charge in [0, 0.05) is 0 Å². The molecule has 84 valence electrons. The minimum absolute atomic E-state index is 0.186. The Labute approximate surface area is 99.6 Å². The van der Waals surface area contributed by atoms with Crippen molar-refractivity contribution in [1.82, 2.24) is 0 Å². The Morgan fingerprint density at radius 2 is 2.19 bits per heavy atom. The molecular weight excluding hydrogens is 226 g/mol. The number of carbonyl (C=O) groups excluding carboxylic acids is 1. The van der Waals surface area contributed by atoms with E-state index in [4.69, 9.17) is 16.9 Å². The molecule has 0 aliphatic carbocycles. The predicted octanol–water partition coefficient (Wildman–Crippen LogP) is 2.49. The van der Waals surface area contributed by atoms with E-state index in [2.05, 4.69) is 4.74 Å². The largest absolute Gasteiger partial charge is 0.469 e. The molecule has 0 saturated carbocycles. The second kappa shape index (κ2) is 5.53. The maximum atomic E-state index is 11.2. The van der Waals surface area contributed by atoms with Crippen LogP contribution in [0, 0.1) is 11.3 Å². The standard InChI is InChI=1S/C12H12ClNO2/c1-3-8-4-10(7-14)11(13)5-9(8)6-12(15)16-2/h4-5H,3,6H2,1-2H3. The molecule has 0 aromatic heterocycles. The van der Waals surface area contributed by atoms with E-state index in [1.54, 1.807) is 12.1 Å². The summed E-state index contributed by atoms with van der Waals surface area (Å²) in [5, 5.41) is 9.20. The first-order chi connectivity index (χ1) is 7.62. The van der Waals surface area contributed by atoms with Gasteiger partial charge < -0.3 is 4.74 Å². The third-order valence-corrected chi connectivity index (χ3v) is 2.67. The number of ether oxygens (including phenoxy) is 1. The summed E-state index contributed by atoms with van der Waals surface area (Å²) in [5.41, 5.74) is 2.21. The summed E-state index contributed by atoms with van der Waals surface area (Å²) in [6, 6.07) is 5.40. The van der Waals surface area contributed by atoms with Gasteiger partial charge in [0.25, 0.3) is 0 Å². The SMILES string of the molecule is CCc1cc(C#N)c(Cl)cc1CC(=O)OC. The number of carbonyl (C=O) groups is 1. The van der Waals surface area contributed by atoms with E-state index in [1.807, 2.05) is 13.0 Å². The minimum Gasteiger partial charge on any atom is -0.469 e. The number of nitrogens with zero attached hydrogens (tertiary/aromatic N) is 1. The van der Waals surface area contributed by atoms with Crippen molar-refractivity contribution in [3.63, 3.8) is 0 Å². The molecule has 0 bridgehead atoms. The quantitative estimate of drug-likeness (QED) is 0.759. The Balaban J connectivity index is 3.14. The fourth-order valence-corrected chi connectivity index (χ4v) is 1.69. The molecule has 3 nitrogen and oxygen atoms in total. The maximum Gasteiger partial charge on any atom is 0.309 e. The van der Waals surface area contributed by atoms with Crippen LogP contribution in [0.25, 0.3) is 0 Å². The lowest BCUT2D eigenvalue weighted by Gasteiger charge is -2.08. The smallest absolute Gasteiger partial charge is 0.309 e. The third kappa shape index (κ3) is 2.74. The van der Waals surface area contributed by atoms with Gasteiger partial charge >= 0.3 is 5.97 Å². The summed E-state index contributed by atoms with van der Waals surface area (Å²) in [6.45, 7) is 1.96. The molecule has 0 amide bonds. The first kappa shape index (κ1) is 12.5. The number of rotatable bonds is 3. The van der Waals surface area contributed by atoms with Crippen LogP contribution in [0.3, 0.4) is 0 Å². The number of halogens is 1. The van der Waals surface area contributed by atoms with Crippen molar-refractivity contribution in [3.8, 4) is 6.07 Å². The molecule has 1 rings (SSSR count). The molecule has 0 fully saturated rings. The van der Waals surface area contributed by atoms with E-state index in [0.717, 1.165) is 17.5 Å². The van der Waals surface area contributed by atoms with Crippen molar-refractivity contribution in [1.29, 1.82) is 5.26 Å². The number of nitriles is 1. The molecular formula is C12H12ClNO2. The van der Waals surface area contributed by atoms with Crippen LogP contribution in [0.15, 0.2) is 12.1 Å². The van der Waals surface area contributed by atoms with Crippen molar-refractivity contribution < 1.29 is 9.53 Å². The van der Waals surface area contributed by atoms with Crippen LogP contribution in [0.5, 0.6) is 0 Å². The van der Waals surface area contributed by atoms with Gasteiger partial charge in [0.1, 0.15) is 6.07 Å². The van der Waals surface area contributed by atoms with E-state index in [1.165, 1.54) is 7.11 Å². The highest BCUT2D eigenvalue weighted by Gasteiger charge is 2.11. The third-order valence-electron chi connectivity index (χ3n) is 2.35. The summed E-state index contributed by atoms with van der Waals surface area (Å²) in [6.07, 6.45) is 0.934.